The van der Waals surface area contributed by atoms with E-state index in [1.807, 2.05) is 63.3 Å². The summed E-state index contributed by atoms with van der Waals surface area (Å²) in [5.74, 6) is 0.847. The lowest BCUT2D eigenvalue weighted by molar-refractivity contribution is 0.0740. The monoisotopic (exact) mass is 418 g/mol. The second kappa shape index (κ2) is 7.84. The molecule has 1 aliphatic rings. The molecule has 6 nitrogen and oxygen atoms in total. The van der Waals surface area contributed by atoms with Gasteiger partial charge in [0.25, 0.3) is 5.91 Å². The molecule has 4 aromatic rings. The summed E-state index contributed by atoms with van der Waals surface area (Å²) in [6.45, 7) is 3.09. The van der Waals surface area contributed by atoms with Crippen LogP contribution in [0.1, 0.15) is 10.5 Å². The number of imidazole rings is 1. The number of anilines is 1. The number of piperazine rings is 1. The molecule has 0 atom stereocenters. The highest BCUT2D eigenvalue weighted by Gasteiger charge is 2.25. The normalized spacial score (nSPS) is 14.3. The Morgan fingerprint density at radius 1 is 1.03 bits per heavy atom. The molecule has 0 spiro atoms. The number of methoxy groups -OCH3 is 1. The molecule has 5 rings (SSSR count). The van der Waals surface area contributed by atoms with Crippen LogP contribution in [0.25, 0.3) is 16.2 Å². The molecule has 2 aromatic carbocycles. The van der Waals surface area contributed by atoms with Crippen molar-refractivity contribution in [2.24, 2.45) is 0 Å². The van der Waals surface area contributed by atoms with Crippen LogP contribution in [0.4, 0.5) is 5.69 Å². The SMILES string of the molecule is COc1cccc(-c2cn3c(C(=O)N4CCN(c5ccccc5)CC4)csc3n2)c1. The number of ether oxygens (including phenoxy) is 1. The minimum absolute atomic E-state index is 0.0588. The van der Waals surface area contributed by atoms with E-state index < -0.39 is 0 Å². The van der Waals surface area contributed by atoms with Crippen molar-refractivity contribution in [2.75, 3.05) is 38.2 Å². The van der Waals surface area contributed by atoms with Crippen LogP contribution in [0.3, 0.4) is 0 Å². The zero-order valence-electron chi connectivity index (χ0n) is 16.7. The Hall–Kier alpha value is -3.32. The van der Waals surface area contributed by atoms with E-state index in [1.165, 1.54) is 17.0 Å². The van der Waals surface area contributed by atoms with Gasteiger partial charge < -0.3 is 14.5 Å². The van der Waals surface area contributed by atoms with Crippen molar-refractivity contribution in [3.8, 4) is 17.0 Å². The van der Waals surface area contributed by atoms with Gasteiger partial charge >= 0.3 is 0 Å². The van der Waals surface area contributed by atoms with Gasteiger partial charge in [-0.05, 0) is 24.3 Å². The van der Waals surface area contributed by atoms with E-state index in [1.54, 1.807) is 7.11 Å². The van der Waals surface area contributed by atoms with Gasteiger partial charge in [0.15, 0.2) is 4.96 Å². The molecular formula is C23H22N4O2S. The first-order valence-corrected chi connectivity index (χ1v) is 10.8. The Morgan fingerprint density at radius 2 is 1.83 bits per heavy atom. The van der Waals surface area contributed by atoms with Crippen molar-refractivity contribution >= 4 is 27.9 Å². The number of amides is 1. The molecule has 30 heavy (non-hydrogen) atoms. The van der Waals surface area contributed by atoms with Crippen LogP contribution in [0.15, 0.2) is 66.2 Å². The molecule has 0 radical (unpaired) electrons. The lowest BCUT2D eigenvalue weighted by Crippen LogP contribution is -2.49. The molecule has 1 amide bonds. The number of rotatable bonds is 4. The zero-order valence-corrected chi connectivity index (χ0v) is 17.5. The Labute approximate surface area is 179 Å². The van der Waals surface area contributed by atoms with E-state index in [9.17, 15) is 4.79 Å². The van der Waals surface area contributed by atoms with Gasteiger partial charge in [-0.25, -0.2) is 4.98 Å². The van der Waals surface area contributed by atoms with Gasteiger partial charge in [-0.2, -0.15) is 0 Å². The van der Waals surface area contributed by atoms with E-state index in [2.05, 4.69) is 17.0 Å². The minimum atomic E-state index is 0.0588. The standard InChI is InChI=1S/C23H22N4O2S/c1-29-19-9-5-6-17(14-19)20-15-27-21(16-30-23(27)24-20)22(28)26-12-10-25(11-13-26)18-7-3-2-4-8-18/h2-9,14-16H,10-13H2,1H3. The van der Waals surface area contributed by atoms with E-state index in [4.69, 9.17) is 9.72 Å². The molecule has 7 heteroatoms. The summed E-state index contributed by atoms with van der Waals surface area (Å²) in [4.78, 5) is 23.0. The fraction of sp³-hybridized carbons (Fsp3) is 0.217. The first-order valence-electron chi connectivity index (χ1n) is 9.93. The van der Waals surface area contributed by atoms with Crippen LogP contribution in [0.2, 0.25) is 0 Å². The Morgan fingerprint density at radius 3 is 2.60 bits per heavy atom. The summed E-state index contributed by atoms with van der Waals surface area (Å²) in [5.41, 5.74) is 3.69. The summed E-state index contributed by atoms with van der Waals surface area (Å²) in [7, 11) is 1.65. The molecule has 3 heterocycles. The Bertz CT molecular complexity index is 1180. The maximum atomic E-state index is 13.2. The third-order valence-corrected chi connectivity index (χ3v) is 6.32. The number of carbonyl (C=O) groups is 1. The van der Waals surface area contributed by atoms with Crippen molar-refractivity contribution < 1.29 is 9.53 Å². The van der Waals surface area contributed by atoms with Gasteiger partial charge in [-0.1, -0.05) is 30.3 Å². The highest BCUT2D eigenvalue weighted by atomic mass is 32.1. The first-order chi connectivity index (χ1) is 14.7. The number of nitrogens with zero attached hydrogens (tertiary/aromatic N) is 4. The maximum absolute atomic E-state index is 13.2. The van der Waals surface area contributed by atoms with Crippen LogP contribution < -0.4 is 9.64 Å². The highest BCUT2D eigenvalue weighted by molar-refractivity contribution is 7.15. The van der Waals surface area contributed by atoms with Crippen LogP contribution in [0, 0.1) is 0 Å². The number of fused-ring (bicyclic) bond motifs is 1. The summed E-state index contributed by atoms with van der Waals surface area (Å²) >= 11 is 1.49. The van der Waals surface area contributed by atoms with Crippen LogP contribution in [-0.2, 0) is 0 Å². The van der Waals surface area contributed by atoms with E-state index in [0.29, 0.717) is 18.8 Å². The zero-order chi connectivity index (χ0) is 20.5. The Balaban J connectivity index is 1.35. The molecule has 0 N–H and O–H groups in total. The molecule has 1 fully saturated rings. The summed E-state index contributed by atoms with van der Waals surface area (Å²) in [5, 5.41) is 1.91. The van der Waals surface area contributed by atoms with E-state index in [-0.39, 0.29) is 5.91 Å². The van der Waals surface area contributed by atoms with E-state index in [0.717, 1.165) is 35.1 Å². The average Bonchev–Trinajstić information content (AvgIpc) is 3.40. The molecule has 1 aliphatic heterocycles. The van der Waals surface area contributed by atoms with Crippen LogP contribution in [-0.4, -0.2) is 53.5 Å². The maximum Gasteiger partial charge on any atom is 0.271 e. The second-order valence-electron chi connectivity index (χ2n) is 7.25. The molecule has 152 valence electrons. The molecule has 2 aromatic heterocycles. The fourth-order valence-electron chi connectivity index (χ4n) is 3.83. The van der Waals surface area contributed by atoms with Crippen molar-refractivity contribution in [1.82, 2.24) is 14.3 Å². The number of aromatic nitrogens is 2. The number of hydrogen-bond donors (Lipinski definition) is 0. The average molecular weight is 419 g/mol. The third-order valence-electron chi connectivity index (χ3n) is 5.48. The molecular weight excluding hydrogens is 396 g/mol. The van der Waals surface area contributed by atoms with Gasteiger partial charge in [0.2, 0.25) is 0 Å². The van der Waals surface area contributed by atoms with Gasteiger partial charge in [0.05, 0.1) is 12.8 Å². The number of benzene rings is 2. The van der Waals surface area contributed by atoms with Crippen molar-refractivity contribution in [2.45, 2.75) is 0 Å². The Kier molecular flexibility index (Phi) is 4.88. The fourth-order valence-corrected chi connectivity index (χ4v) is 4.67. The number of thiazole rings is 1. The quantitative estimate of drug-likeness (QED) is 0.502. The third kappa shape index (κ3) is 3.41. The summed E-state index contributed by atoms with van der Waals surface area (Å²) < 4.78 is 7.23. The van der Waals surface area contributed by atoms with Gasteiger partial charge in [-0.3, -0.25) is 9.20 Å². The summed E-state index contributed by atoms with van der Waals surface area (Å²) in [6.07, 6.45) is 1.94. The topological polar surface area (TPSA) is 50.1 Å². The predicted molar refractivity (Wildman–Crippen MR) is 120 cm³/mol. The van der Waals surface area contributed by atoms with Crippen molar-refractivity contribution in [3.05, 3.63) is 71.9 Å². The molecule has 1 saturated heterocycles. The lowest BCUT2D eigenvalue weighted by atomic mass is 10.1. The van der Waals surface area contributed by atoms with Gasteiger partial charge in [0, 0.05) is 49.0 Å². The number of para-hydroxylation sites is 1. The predicted octanol–water partition coefficient (Wildman–Crippen LogP) is 4.03. The molecule has 0 unspecified atom stereocenters. The molecule has 0 saturated carbocycles. The number of carbonyl (C=O) groups excluding carboxylic acids is 1. The van der Waals surface area contributed by atoms with Crippen molar-refractivity contribution in [3.63, 3.8) is 0 Å². The molecule has 0 bridgehead atoms. The second-order valence-corrected chi connectivity index (χ2v) is 8.08. The van der Waals surface area contributed by atoms with Crippen molar-refractivity contribution in [1.29, 1.82) is 0 Å². The summed E-state index contributed by atoms with van der Waals surface area (Å²) in [6, 6.07) is 18.2. The smallest absolute Gasteiger partial charge is 0.271 e. The van der Waals surface area contributed by atoms with Crippen LogP contribution >= 0.6 is 11.3 Å². The number of hydrogen-bond acceptors (Lipinski definition) is 5. The van der Waals surface area contributed by atoms with Crippen LogP contribution in [0.5, 0.6) is 5.75 Å². The van der Waals surface area contributed by atoms with Gasteiger partial charge in [-0.15, -0.1) is 11.3 Å². The van der Waals surface area contributed by atoms with Gasteiger partial charge in [0.1, 0.15) is 11.4 Å². The largest absolute Gasteiger partial charge is 0.497 e. The lowest BCUT2D eigenvalue weighted by Gasteiger charge is -2.36. The van der Waals surface area contributed by atoms with E-state index >= 15 is 0 Å². The first kappa shape index (κ1) is 18.7. The highest BCUT2D eigenvalue weighted by Crippen LogP contribution is 2.27. The minimum Gasteiger partial charge on any atom is -0.497 e. The molecule has 0 aliphatic carbocycles.